The molecule has 0 unspecified atom stereocenters. The molecule has 188 valence electrons. The molecule has 0 aliphatic heterocycles. The molecule has 0 saturated carbocycles. The minimum atomic E-state index is -0.904. The molecule has 0 aromatic rings. The summed E-state index contributed by atoms with van der Waals surface area (Å²) in [6.07, 6.45) is 24.9. The average Bonchev–Trinajstić information content (AvgIpc) is 2.76. The van der Waals surface area contributed by atoms with Gasteiger partial charge in [0.05, 0.1) is 35.3 Å². The Balaban J connectivity index is 3.47. The lowest BCUT2D eigenvalue weighted by Gasteiger charge is -2.33. The van der Waals surface area contributed by atoms with Crippen LogP contribution in [0.1, 0.15) is 137 Å². The van der Waals surface area contributed by atoms with Gasteiger partial charge in [-0.25, -0.2) is 0 Å². The lowest BCUT2D eigenvalue weighted by atomic mass is 10.0. The van der Waals surface area contributed by atoms with Crippen LogP contribution in [0.3, 0.4) is 0 Å². The van der Waals surface area contributed by atoms with E-state index in [1.54, 1.807) is 6.04 Å². The molecule has 0 fully saturated rings. The molecule has 0 aromatic heterocycles. The van der Waals surface area contributed by atoms with Crippen molar-refractivity contribution in [3.8, 4) is 0 Å². The second-order valence-corrected chi connectivity index (χ2v) is 17.0. The van der Waals surface area contributed by atoms with Gasteiger partial charge in [0, 0.05) is 0 Å². The van der Waals surface area contributed by atoms with Crippen molar-refractivity contribution in [2.24, 2.45) is 0 Å². The molecule has 2 heteroatoms. The van der Waals surface area contributed by atoms with Crippen molar-refractivity contribution in [1.29, 1.82) is 0 Å². The molecule has 0 aromatic carbocycles. The Morgan fingerprint density at radius 1 is 0.419 bits per heavy atom. The van der Waals surface area contributed by atoms with Crippen LogP contribution in [0.25, 0.3) is 0 Å². The number of nitrogens with zero attached hydrogens (tertiary/aromatic N) is 1. The quantitative estimate of drug-likeness (QED) is 0.0772. The largest absolute Gasteiger partial charge is 0.328 e. The Kier molecular flexibility index (Phi) is 20.9. The summed E-state index contributed by atoms with van der Waals surface area (Å²) in [5.41, 5.74) is 0. The topological polar surface area (TPSA) is 0 Å². The van der Waals surface area contributed by atoms with Crippen LogP contribution in [0.2, 0.25) is 24.2 Å². The van der Waals surface area contributed by atoms with E-state index in [4.69, 9.17) is 0 Å². The molecule has 0 saturated heterocycles. The van der Waals surface area contributed by atoms with Crippen molar-refractivity contribution in [3.63, 3.8) is 0 Å². The normalized spacial score (nSPS) is 12.6. The fourth-order valence-corrected chi connectivity index (χ4v) is 8.83. The van der Waals surface area contributed by atoms with Gasteiger partial charge in [0.2, 0.25) is 0 Å². The van der Waals surface area contributed by atoms with Crippen LogP contribution in [-0.4, -0.2) is 39.7 Å². The molecule has 0 aliphatic rings. The summed E-state index contributed by atoms with van der Waals surface area (Å²) in [7, 11) is 4.04. The van der Waals surface area contributed by atoms with E-state index in [9.17, 15) is 0 Å². The molecule has 31 heavy (non-hydrogen) atoms. The fraction of sp³-hybridized carbons (Fsp3) is 1.00. The Morgan fingerprint density at radius 2 is 0.742 bits per heavy atom. The van der Waals surface area contributed by atoms with Crippen molar-refractivity contribution < 1.29 is 4.48 Å². The van der Waals surface area contributed by atoms with E-state index in [2.05, 4.69) is 41.8 Å². The molecule has 0 aliphatic carbocycles. The number of unbranched alkanes of at least 4 members (excludes halogenated alkanes) is 15. The van der Waals surface area contributed by atoms with Crippen molar-refractivity contribution in [2.75, 3.05) is 27.2 Å². The third kappa shape index (κ3) is 18.3. The summed E-state index contributed by atoms with van der Waals surface area (Å²) < 4.78 is 1.25. The molecular formula is C29H64NSi+. The molecule has 0 bridgehead atoms. The molecule has 0 heterocycles. The predicted octanol–water partition coefficient (Wildman–Crippen LogP) is 10.2. The number of hydrogen-bond acceptors (Lipinski definition) is 0. The van der Waals surface area contributed by atoms with E-state index in [0.717, 1.165) is 0 Å². The van der Waals surface area contributed by atoms with Crippen LogP contribution in [-0.2, 0) is 0 Å². The van der Waals surface area contributed by atoms with Gasteiger partial charge in [-0.3, -0.25) is 0 Å². The van der Waals surface area contributed by atoms with Gasteiger partial charge in [-0.2, -0.15) is 0 Å². The Labute approximate surface area is 200 Å². The minimum absolute atomic E-state index is 0.904. The third-order valence-electron chi connectivity index (χ3n) is 8.34. The highest BCUT2D eigenvalue weighted by atomic mass is 28.3. The lowest BCUT2D eigenvalue weighted by molar-refractivity contribution is -0.890. The van der Waals surface area contributed by atoms with E-state index in [-0.39, 0.29) is 0 Å². The Hall–Kier alpha value is 0.177. The van der Waals surface area contributed by atoms with Crippen LogP contribution in [0.4, 0.5) is 0 Å². The zero-order valence-electron chi connectivity index (χ0n) is 23.2. The fourth-order valence-electron chi connectivity index (χ4n) is 5.36. The van der Waals surface area contributed by atoms with Crippen LogP contribution in [0.5, 0.6) is 0 Å². The van der Waals surface area contributed by atoms with E-state index in [1.165, 1.54) is 145 Å². The first-order chi connectivity index (χ1) is 14.9. The molecule has 0 spiro atoms. The first-order valence-corrected chi connectivity index (χ1v) is 17.6. The Bertz CT molecular complexity index is 353. The maximum atomic E-state index is 2.47. The smallest absolute Gasteiger partial charge is 0.0782 e. The first kappa shape index (κ1) is 31.2. The first-order valence-electron chi connectivity index (χ1n) is 14.8. The van der Waals surface area contributed by atoms with E-state index >= 15 is 0 Å². The molecule has 0 atom stereocenters. The van der Waals surface area contributed by atoms with Gasteiger partial charge in [-0.1, -0.05) is 142 Å². The maximum Gasteiger partial charge on any atom is 0.0782 e. The summed E-state index contributed by atoms with van der Waals surface area (Å²) in [5.74, 6) is 0. The highest BCUT2D eigenvalue weighted by Gasteiger charge is 2.27. The summed E-state index contributed by atoms with van der Waals surface area (Å²) in [4.78, 5) is 0. The monoisotopic (exact) mass is 454 g/mol. The van der Waals surface area contributed by atoms with Crippen molar-refractivity contribution in [2.45, 2.75) is 161 Å². The van der Waals surface area contributed by atoms with Crippen molar-refractivity contribution in [1.82, 2.24) is 0 Å². The van der Waals surface area contributed by atoms with Gasteiger partial charge in [0.15, 0.2) is 0 Å². The maximum absolute atomic E-state index is 2.47. The van der Waals surface area contributed by atoms with Crippen LogP contribution < -0.4 is 0 Å². The molecular weight excluding hydrogens is 390 g/mol. The highest BCUT2D eigenvalue weighted by molar-refractivity contribution is 6.79. The van der Waals surface area contributed by atoms with E-state index < -0.39 is 8.07 Å². The zero-order chi connectivity index (χ0) is 23.3. The standard InChI is InChI=1S/C29H64NSi/c1-7-11-12-13-14-15-16-17-18-19-20-21-22-23-24-25-27-30(5,6)28-26-29-31(8-2,9-3)10-4/h7-29H2,1-6H3/q+1. The van der Waals surface area contributed by atoms with Gasteiger partial charge < -0.3 is 4.48 Å². The summed E-state index contributed by atoms with van der Waals surface area (Å²) in [5, 5.41) is 0. The van der Waals surface area contributed by atoms with Crippen LogP contribution in [0, 0.1) is 0 Å². The number of hydrogen-bond donors (Lipinski definition) is 0. The predicted molar refractivity (Wildman–Crippen MR) is 148 cm³/mol. The van der Waals surface area contributed by atoms with Gasteiger partial charge >= 0.3 is 0 Å². The summed E-state index contributed by atoms with van der Waals surface area (Å²) >= 11 is 0. The van der Waals surface area contributed by atoms with Crippen LogP contribution in [0.15, 0.2) is 0 Å². The van der Waals surface area contributed by atoms with Crippen molar-refractivity contribution in [3.05, 3.63) is 0 Å². The van der Waals surface area contributed by atoms with E-state index in [0.29, 0.717) is 0 Å². The van der Waals surface area contributed by atoms with Gasteiger partial charge in [-0.15, -0.1) is 0 Å². The van der Waals surface area contributed by atoms with E-state index in [1.807, 2.05) is 0 Å². The highest BCUT2D eigenvalue weighted by Crippen LogP contribution is 2.27. The number of quaternary nitrogens is 1. The number of rotatable bonds is 24. The minimum Gasteiger partial charge on any atom is -0.328 e. The second-order valence-electron chi connectivity index (χ2n) is 11.4. The van der Waals surface area contributed by atoms with Crippen molar-refractivity contribution >= 4 is 8.07 Å². The SMILES string of the molecule is CCCCCCCCCCCCCCCCCC[N+](C)(C)CCC[Si](CC)(CC)CC. The zero-order valence-corrected chi connectivity index (χ0v) is 24.2. The second kappa shape index (κ2) is 20.8. The Morgan fingerprint density at radius 3 is 1.10 bits per heavy atom. The van der Waals surface area contributed by atoms with Gasteiger partial charge in [0.25, 0.3) is 0 Å². The third-order valence-corrected chi connectivity index (χ3v) is 14.3. The molecule has 0 rings (SSSR count). The lowest BCUT2D eigenvalue weighted by Crippen LogP contribution is -2.42. The summed E-state index contributed by atoms with van der Waals surface area (Å²) in [6.45, 7) is 12.5. The molecule has 0 amide bonds. The molecule has 0 radical (unpaired) electrons. The average molecular weight is 455 g/mol. The molecule has 1 nitrogen and oxygen atoms in total. The summed E-state index contributed by atoms with van der Waals surface area (Å²) in [6, 6.07) is 6.04. The van der Waals surface area contributed by atoms with Crippen LogP contribution >= 0.6 is 0 Å². The van der Waals surface area contributed by atoms with Gasteiger partial charge in [0.1, 0.15) is 0 Å². The molecule has 0 N–H and O–H groups in total. The van der Waals surface area contributed by atoms with Gasteiger partial charge in [-0.05, 0) is 19.3 Å².